The monoisotopic (exact) mass is 385 g/mol. The van der Waals surface area contributed by atoms with Gasteiger partial charge in [-0.25, -0.2) is 0 Å². The predicted molar refractivity (Wildman–Crippen MR) is 115 cm³/mol. The number of nitrogens with one attached hydrogen (secondary N) is 1. The molecule has 2 bridgehead atoms. The standard InChI is InChI=1S/C24H23N3S/c1-2-6-23-21(5-1)27(20-13-18-8-9-19(14-20)26-18)22-10-7-16(12-24(22)28-23)17-4-3-11-25-15-17/h1-7,10-12,15,18-20,26H,8-9,13-14H2. The van der Waals surface area contributed by atoms with E-state index in [0.29, 0.717) is 18.1 Å². The second-order valence-corrected chi connectivity index (χ2v) is 9.21. The van der Waals surface area contributed by atoms with Gasteiger partial charge in [0, 0.05) is 45.9 Å². The number of benzene rings is 2. The predicted octanol–water partition coefficient (Wildman–Crippen LogP) is 5.63. The molecule has 2 aromatic carbocycles. The number of anilines is 2. The van der Waals surface area contributed by atoms with Gasteiger partial charge in [-0.05, 0) is 61.6 Å². The molecule has 3 aliphatic heterocycles. The van der Waals surface area contributed by atoms with Crippen molar-refractivity contribution in [3.63, 3.8) is 0 Å². The molecule has 1 aromatic heterocycles. The van der Waals surface area contributed by atoms with Gasteiger partial charge in [0.1, 0.15) is 0 Å². The van der Waals surface area contributed by atoms with Crippen LogP contribution in [0.2, 0.25) is 0 Å². The Morgan fingerprint density at radius 1 is 0.857 bits per heavy atom. The molecule has 4 heteroatoms. The molecule has 2 atom stereocenters. The summed E-state index contributed by atoms with van der Waals surface area (Å²) in [7, 11) is 0. The third-order valence-corrected chi connectivity index (χ3v) is 7.48. The Labute approximate surface area is 170 Å². The molecule has 3 aromatic rings. The van der Waals surface area contributed by atoms with Gasteiger partial charge in [0.2, 0.25) is 0 Å². The van der Waals surface area contributed by atoms with E-state index in [1.807, 2.05) is 30.2 Å². The molecule has 0 aliphatic carbocycles. The van der Waals surface area contributed by atoms with E-state index in [-0.39, 0.29) is 0 Å². The second-order valence-electron chi connectivity index (χ2n) is 8.13. The molecule has 140 valence electrons. The minimum atomic E-state index is 0.573. The molecule has 0 radical (unpaired) electrons. The average molecular weight is 386 g/mol. The van der Waals surface area contributed by atoms with Crippen LogP contribution in [0.1, 0.15) is 25.7 Å². The number of para-hydroxylation sites is 1. The summed E-state index contributed by atoms with van der Waals surface area (Å²) in [5.74, 6) is 0. The summed E-state index contributed by atoms with van der Waals surface area (Å²) >= 11 is 1.90. The van der Waals surface area contributed by atoms with Gasteiger partial charge in [0.05, 0.1) is 11.4 Å². The Bertz CT molecular complexity index is 1010. The normalized spacial score (nSPS) is 25.3. The lowest BCUT2D eigenvalue weighted by molar-refractivity contribution is 0.359. The van der Waals surface area contributed by atoms with E-state index in [0.717, 1.165) is 0 Å². The molecule has 28 heavy (non-hydrogen) atoms. The zero-order valence-electron chi connectivity index (χ0n) is 15.7. The SMILES string of the molecule is c1cncc(-c2ccc3c(c2)Sc2ccccc2N3C2CC3CCC(C2)N3)c1. The summed E-state index contributed by atoms with van der Waals surface area (Å²) in [6, 6.07) is 21.9. The maximum absolute atomic E-state index is 4.30. The van der Waals surface area contributed by atoms with Crippen molar-refractivity contribution < 1.29 is 0 Å². The highest BCUT2D eigenvalue weighted by atomic mass is 32.2. The third kappa shape index (κ3) is 2.75. The molecular formula is C24H23N3S. The third-order valence-electron chi connectivity index (χ3n) is 6.37. The Kier molecular flexibility index (Phi) is 3.95. The fraction of sp³-hybridized carbons (Fsp3) is 0.292. The number of hydrogen-bond acceptors (Lipinski definition) is 4. The van der Waals surface area contributed by atoms with Gasteiger partial charge in [-0.1, -0.05) is 36.0 Å². The van der Waals surface area contributed by atoms with Gasteiger partial charge in [-0.15, -0.1) is 0 Å². The number of piperidine rings is 1. The lowest BCUT2D eigenvalue weighted by Gasteiger charge is -2.42. The highest BCUT2D eigenvalue weighted by Gasteiger charge is 2.38. The van der Waals surface area contributed by atoms with Gasteiger partial charge in [-0.3, -0.25) is 4.98 Å². The van der Waals surface area contributed by atoms with Crippen molar-refractivity contribution in [1.82, 2.24) is 10.3 Å². The van der Waals surface area contributed by atoms with E-state index in [9.17, 15) is 0 Å². The second kappa shape index (κ2) is 6.64. The molecule has 0 amide bonds. The molecule has 0 spiro atoms. The summed E-state index contributed by atoms with van der Waals surface area (Å²) < 4.78 is 0. The molecule has 3 nitrogen and oxygen atoms in total. The molecule has 2 unspecified atom stereocenters. The van der Waals surface area contributed by atoms with Gasteiger partial charge in [0.25, 0.3) is 0 Å². The fourth-order valence-electron chi connectivity index (χ4n) is 5.13. The van der Waals surface area contributed by atoms with Crippen LogP contribution in [0.25, 0.3) is 11.1 Å². The number of nitrogens with zero attached hydrogens (tertiary/aromatic N) is 2. The Hall–Kier alpha value is -2.30. The molecule has 0 saturated carbocycles. The van der Waals surface area contributed by atoms with Gasteiger partial charge in [-0.2, -0.15) is 0 Å². The van der Waals surface area contributed by atoms with Crippen molar-refractivity contribution in [2.24, 2.45) is 0 Å². The maximum atomic E-state index is 4.30. The summed E-state index contributed by atoms with van der Waals surface area (Å²) in [6.45, 7) is 0. The Morgan fingerprint density at radius 2 is 1.68 bits per heavy atom. The fourth-order valence-corrected chi connectivity index (χ4v) is 6.24. The first-order valence-electron chi connectivity index (χ1n) is 10.2. The van der Waals surface area contributed by atoms with Crippen molar-refractivity contribution in [1.29, 1.82) is 0 Å². The first-order valence-corrected chi connectivity index (χ1v) is 11.0. The molecule has 2 saturated heterocycles. The van der Waals surface area contributed by atoms with Gasteiger partial charge >= 0.3 is 0 Å². The number of hydrogen-bond donors (Lipinski definition) is 1. The number of fused-ring (bicyclic) bond motifs is 4. The van der Waals surface area contributed by atoms with Crippen LogP contribution in [-0.2, 0) is 0 Å². The molecule has 3 aliphatic rings. The summed E-state index contributed by atoms with van der Waals surface area (Å²) in [5, 5.41) is 3.80. The zero-order chi connectivity index (χ0) is 18.5. The van der Waals surface area contributed by atoms with Crippen LogP contribution in [0, 0.1) is 0 Å². The van der Waals surface area contributed by atoms with E-state index in [1.165, 1.54) is 58.0 Å². The van der Waals surface area contributed by atoms with Crippen LogP contribution in [-0.4, -0.2) is 23.1 Å². The van der Waals surface area contributed by atoms with Crippen LogP contribution < -0.4 is 10.2 Å². The summed E-state index contributed by atoms with van der Waals surface area (Å²) in [4.78, 5) is 9.65. The maximum Gasteiger partial charge on any atom is 0.0555 e. The first kappa shape index (κ1) is 16.6. The first-order chi connectivity index (χ1) is 13.8. The molecule has 4 heterocycles. The zero-order valence-corrected chi connectivity index (χ0v) is 16.5. The van der Waals surface area contributed by atoms with Crippen LogP contribution in [0.4, 0.5) is 11.4 Å². The minimum Gasteiger partial charge on any atom is -0.336 e. The lowest BCUT2D eigenvalue weighted by Crippen LogP contribution is -2.47. The Balaban J connectivity index is 1.45. The molecule has 1 N–H and O–H groups in total. The number of rotatable bonds is 2. The smallest absolute Gasteiger partial charge is 0.0555 e. The van der Waals surface area contributed by atoms with Crippen LogP contribution in [0.5, 0.6) is 0 Å². The Morgan fingerprint density at radius 3 is 2.50 bits per heavy atom. The molecular weight excluding hydrogens is 362 g/mol. The van der Waals surface area contributed by atoms with Gasteiger partial charge < -0.3 is 10.2 Å². The molecule has 6 rings (SSSR count). The summed E-state index contributed by atoms with van der Waals surface area (Å²) in [6.07, 6.45) is 8.92. The molecule has 2 fully saturated rings. The number of aromatic nitrogens is 1. The van der Waals surface area contributed by atoms with Crippen molar-refractivity contribution >= 4 is 23.1 Å². The van der Waals surface area contributed by atoms with Crippen molar-refractivity contribution in [2.45, 2.75) is 53.6 Å². The quantitative estimate of drug-likeness (QED) is 0.618. The van der Waals surface area contributed by atoms with E-state index >= 15 is 0 Å². The van der Waals surface area contributed by atoms with Crippen LogP contribution in [0.15, 0.2) is 76.8 Å². The lowest BCUT2D eigenvalue weighted by atomic mass is 9.96. The largest absolute Gasteiger partial charge is 0.336 e. The highest BCUT2D eigenvalue weighted by Crippen LogP contribution is 2.51. The van der Waals surface area contributed by atoms with E-state index in [1.54, 1.807) is 0 Å². The van der Waals surface area contributed by atoms with Crippen molar-refractivity contribution in [2.75, 3.05) is 4.90 Å². The van der Waals surface area contributed by atoms with Crippen molar-refractivity contribution in [3.8, 4) is 11.1 Å². The topological polar surface area (TPSA) is 28.2 Å². The van der Waals surface area contributed by atoms with Crippen LogP contribution >= 0.6 is 11.8 Å². The number of pyridine rings is 1. The van der Waals surface area contributed by atoms with E-state index in [2.05, 4.69) is 63.7 Å². The van der Waals surface area contributed by atoms with E-state index < -0.39 is 0 Å². The average Bonchev–Trinajstić information content (AvgIpc) is 3.09. The van der Waals surface area contributed by atoms with Crippen LogP contribution in [0.3, 0.4) is 0 Å². The minimum absolute atomic E-state index is 0.573. The van der Waals surface area contributed by atoms with E-state index in [4.69, 9.17) is 0 Å². The summed E-state index contributed by atoms with van der Waals surface area (Å²) in [5.41, 5.74) is 5.16. The van der Waals surface area contributed by atoms with Crippen molar-refractivity contribution in [3.05, 3.63) is 67.0 Å². The highest BCUT2D eigenvalue weighted by molar-refractivity contribution is 7.99. The van der Waals surface area contributed by atoms with Gasteiger partial charge in [0.15, 0.2) is 0 Å².